The van der Waals surface area contributed by atoms with E-state index in [-0.39, 0.29) is 6.10 Å². The highest BCUT2D eigenvalue weighted by atomic mass is 16.5. The molecule has 0 radical (unpaired) electrons. The van der Waals surface area contributed by atoms with Crippen molar-refractivity contribution in [3.05, 3.63) is 29.3 Å². The molecule has 1 rings (SSSR count). The van der Waals surface area contributed by atoms with Gasteiger partial charge in [0, 0.05) is 0 Å². The van der Waals surface area contributed by atoms with Crippen molar-refractivity contribution in [1.82, 2.24) is 0 Å². The van der Waals surface area contributed by atoms with Crippen LogP contribution in [0, 0.1) is 22.7 Å². The predicted octanol–water partition coefficient (Wildman–Crippen LogP) is 3.00. The molecule has 0 unspecified atom stereocenters. The average molecular weight is 214 g/mol. The topological polar surface area (TPSA) is 56.8 Å². The summed E-state index contributed by atoms with van der Waals surface area (Å²) in [4.78, 5) is 0. The van der Waals surface area contributed by atoms with Crippen molar-refractivity contribution in [3.8, 4) is 17.9 Å². The van der Waals surface area contributed by atoms with Crippen molar-refractivity contribution < 1.29 is 4.74 Å². The van der Waals surface area contributed by atoms with Crippen molar-refractivity contribution in [1.29, 1.82) is 10.5 Å². The fourth-order valence-electron chi connectivity index (χ4n) is 1.43. The van der Waals surface area contributed by atoms with Gasteiger partial charge >= 0.3 is 0 Å². The van der Waals surface area contributed by atoms with E-state index >= 15 is 0 Å². The highest BCUT2D eigenvalue weighted by molar-refractivity contribution is 5.49. The Morgan fingerprint density at radius 3 is 2.25 bits per heavy atom. The smallest absolute Gasteiger partial charge is 0.121 e. The van der Waals surface area contributed by atoms with Gasteiger partial charge in [0.2, 0.25) is 0 Å². The number of nitriles is 2. The van der Waals surface area contributed by atoms with Gasteiger partial charge in [-0.2, -0.15) is 10.5 Å². The average Bonchev–Trinajstić information content (AvgIpc) is 2.35. The van der Waals surface area contributed by atoms with Gasteiger partial charge < -0.3 is 4.74 Å². The summed E-state index contributed by atoms with van der Waals surface area (Å²) in [6.07, 6.45) is 2.02. The van der Waals surface area contributed by atoms with Crippen LogP contribution in [-0.4, -0.2) is 6.10 Å². The first-order valence-electron chi connectivity index (χ1n) is 5.36. The van der Waals surface area contributed by atoms with Gasteiger partial charge in [0.15, 0.2) is 0 Å². The molecule has 1 aromatic rings. The Hall–Kier alpha value is -2.00. The molecule has 16 heavy (non-hydrogen) atoms. The summed E-state index contributed by atoms with van der Waals surface area (Å²) in [6, 6.07) is 8.95. The highest BCUT2D eigenvalue weighted by Gasteiger charge is 2.08. The van der Waals surface area contributed by atoms with Crippen molar-refractivity contribution >= 4 is 0 Å². The Bertz CT molecular complexity index is 436. The van der Waals surface area contributed by atoms with Crippen LogP contribution in [0.1, 0.15) is 37.8 Å². The maximum atomic E-state index is 8.87. The summed E-state index contributed by atoms with van der Waals surface area (Å²) in [7, 11) is 0. The zero-order chi connectivity index (χ0) is 12.0. The minimum Gasteiger partial charge on any atom is -0.490 e. The largest absolute Gasteiger partial charge is 0.490 e. The molecule has 0 bridgehead atoms. The van der Waals surface area contributed by atoms with Crippen LogP contribution in [0.5, 0.6) is 5.75 Å². The first-order chi connectivity index (χ1) is 7.74. The molecule has 0 aliphatic carbocycles. The van der Waals surface area contributed by atoms with Crippen molar-refractivity contribution in [2.45, 2.75) is 32.8 Å². The van der Waals surface area contributed by atoms with Crippen LogP contribution in [0.2, 0.25) is 0 Å². The van der Waals surface area contributed by atoms with E-state index in [1.165, 1.54) is 0 Å². The van der Waals surface area contributed by atoms with E-state index in [1.807, 2.05) is 12.1 Å². The Kier molecular flexibility index (Phi) is 4.36. The van der Waals surface area contributed by atoms with Gasteiger partial charge in [-0.1, -0.05) is 13.8 Å². The molecule has 0 saturated carbocycles. The monoisotopic (exact) mass is 214 g/mol. The number of ether oxygens (including phenoxy) is 1. The summed E-state index contributed by atoms with van der Waals surface area (Å²) in [6.45, 7) is 4.12. The van der Waals surface area contributed by atoms with E-state index < -0.39 is 0 Å². The number of hydrogen-bond acceptors (Lipinski definition) is 3. The molecule has 82 valence electrons. The third-order valence-corrected chi connectivity index (χ3v) is 2.45. The van der Waals surface area contributed by atoms with Crippen LogP contribution in [0.3, 0.4) is 0 Å². The van der Waals surface area contributed by atoms with Crippen LogP contribution in [0.25, 0.3) is 0 Å². The third-order valence-electron chi connectivity index (χ3n) is 2.45. The van der Waals surface area contributed by atoms with E-state index in [0.717, 1.165) is 12.8 Å². The third kappa shape index (κ3) is 2.74. The maximum absolute atomic E-state index is 8.87. The zero-order valence-corrected chi connectivity index (χ0v) is 9.53. The van der Waals surface area contributed by atoms with Gasteiger partial charge in [-0.25, -0.2) is 0 Å². The zero-order valence-electron chi connectivity index (χ0n) is 9.53. The summed E-state index contributed by atoms with van der Waals surface area (Å²) >= 11 is 0. The first-order valence-corrected chi connectivity index (χ1v) is 5.36. The van der Waals surface area contributed by atoms with Gasteiger partial charge in [-0.05, 0) is 31.0 Å². The molecule has 0 spiro atoms. The van der Waals surface area contributed by atoms with E-state index in [1.54, 1.807) is 18.2 Å². The summed E-state index contributed by atoms with van der Waals surface area (Å²) in [5, 5.41) is 17.6. The molecule has 3 nitrogen and oxygen atoms in total. The lowest BCUT2D eigenvalue weighted by Gasteiger charge is -2.15. The molecule has 0 amide bonds. The molecule has 0 N–H and O–H groups in total. The second-order valence-electron chi connectivity index (χ2n) is 3.49. The van der Waals surface area contributed by atoms with Crippen molar-refractivity contribution in [3.63, 3.8) is 0 Å². The van der Waals surface area contributed by atoms with Crippen LogP contribution < -0.4 is 4.74 Å². The molecular formula is C13H14N2O. The Morgan fingerprint density at radius 1 is 1.12 bits per heavy atom. The Labute approximate surface area is 95.9 Å². The van der Waals surface area contributed by atoms with E-state index in [2.05, 4.69) is 13.8 Å². The van der Waals surface area contributed by atoms with Crippen LogP contribution in [0.4, 0.5) is 0 Å². The van der Waals surface area contributed by atoms with E-state index in [4.69, 9.17) is 15.3 Å². The molecule has 0 aliphatic rings. The summed E-state index contributed by atoms with van der Waals surface area (Å²) in [5.41, 5.74) is 0.755. The molecule has 0 saturated heterocycles. The van der Waals surface area contributed by atoms with Crippen molar-refractivity contribution in [2.75, 3.05) is 0 Å². The quantitative estimate of drug-likeness (QED) is 0.774. The standard InChI is InChI=1S/C13H14N2O/c1-3-12(4-2)16-13-6-5-10(8-14)11(7-13)9-15/h5-7,12H,3-4H2,1-2H3. The molecule has 0 atom stereocenters. The van der Waals surface area contributed by atoms with Crippen LogP contribution >= 0.6 is 0 Å². The normalized spacial score (nSPS) is 9.56. The molecule has 0 fully saturated rings. The first kappa shape index (κ1) is 12.1. The van der Waals surface area contributed by atoms with Gasteiger partial charge in [-0.3, -0.25) is 0 Å². The lowest BCUT2D eigenvalue weighted by molar-refractivity contribution is 0.193. The van der Waals surface area contributed by atoms with E-state index in [9.17, 15) is 0 Å². The van der Waals surface area contributed by atoms with E-state index in [0.29, 0.717) is 16.9 Å². The Morgan fingerprint density at radius 2 is 1.75 bits per heavy atom. The predicted molar refractivity (Wildman–Crippen MR) is 60.9 cm³/mol. The fourth-order valence-corrected chi connectivity index (χ4v) is 1.43. The molecule has 0 aromatic heterocycles. The molecule has 1 aromatic carbocycles. The van der Waals surface area contributed by atoms with Crippen molar-refractivity contribution in [2.24, 2.45) is 0 Å². The van der Waals surface area contributed by atoms with Crippen LogP contribution in [0.15, 0.2) is 18.2 Å². The van der Waals surface area contributed by atoms with Gasteiger partial charge in [-0.15, -0.1) is 0 Å². The second-order valence-corrected chi connectivity index (χ2v) is 3.49. The minimum absolute atomic E-state index is 0.166. The fraction of sp³-hybridized carbons (Fsp3) is 0.385. The SMILES string of the molecule is CCC(CC)Oc1ccc(C#N)c(C#N)c1. The number of benzene rings is 1. The molecule has 3 heteroatoms. The number of nitrogens with zero attached hydrogens (tertiary/aromatic N) is 2. The maximum Gasteiger partial charge on any atom is 0.121 e. The Balaban J connectivity index is 2.93. The lowest BCUT2D eigenvalue weighted by Crippen LogP contribution is -2.13. The minimum atomic E-state index is 0.166. The molecule has 0 aliphatic heterocycles. The van der Waals surface area contributed by atoms with Gasteiger partial charge in [0.1, 0.15) is 17.9 Å². The van der Waals surface area contributed by atoms with Gasteiger partial charge in [0.05, 0.1) is 17.2 Å². The number of hydrogen-bond donors (Lipinski definition) is 0. The number of rotatable bonds is 4. The summed E-state index contributed by atoms with van der Waals surface area (Å²) in [5.74, 6) is 0.657. The molecule has 0 heterocycles. The molecular weight excluding hydrogens is 200 g/mol. The van der Waals surface area contributed by atoms with Crippen LogP contribution in [-0.2, 0) is 0 Å². The lowest BCUT2D eigenvalue weighted by atomic mass is 10.1. The summed E-state index contributed by atoms with van der Waals surface area (Å²) < 4.78 is 5.69. The second kappa shape index (κ2) is 5.78. The highest BCUT2D eigenvalue weighted by Crippen LogP contribution is 2.19. The van der Waals surface area contributed by atoms with Gasteiger partial charge in [0.25, 0.3) is 0 Å².